The van der Waals surface area contributed by atoms with Crippen LogP contribution in [0.15, 0.2) is 28.1 Å². The molecule has 3 heterocycles. The summed E-state index contributed by atoms with van der Waals surface area (Å²) in [4.78, 5) is 35.4. The molecule has 2 N–H and O–H groups in total. The molecular formula is C23H28N8O4. The molecule has 0 unspecified atom stereocenters. The lowest BCUT2D eigenvalue weighted by Gasteiger charge is -2.29. The van der Waals surface area contributed by atoms with Crippen molar-refractivity contribution in [3.05, 3.63) is 34.2 Å². The number of esters is 1. The molecule has 0 amide bonds. The van der Waals surface area contributed by atoms with Gasteiger partial charge < -0.3 is 14.0 Å². The molecule has 0 atom stereocenters. The van der Waals surface area contributed by atoms with Gasteiger partial charge in [-0.05, 0) is 58.2 Å². The molecule has 0 spiro atoms. The summed E-state index contributed by atoms with van der Waals surface area (Å²) in [6, 6.07) is 6.11. The highest BCUT2D eigenvalue weighted by Crippen LogP contribution is 2.39. The number of carbonyl (C=O) groups is 1. The molecule has 0 radical (unpaired) electrons. The van der Waals surface area contributed by atoms with Crippen LogP contribution < -0.4 is 26.4 Å². The van der Waals surface area contributed by atoms with Crippen molar-refractivity contribution in [3.8, 4) is 17.4 Å². The number of aromatic nitrogens is 4. The number of hydrazine groups is 2. The zero-order chi connectivity index (χ0) is 24.7. The van der Waals surface area contributed by atoms with Gasteiger partial charge in [0.1, 0.15) is 5.84 Å². The number of carbonyl (C=O) groups excluding carboxylic acids is 1. The van der Waals surface area contributed by atoms with E-state index in [0.29, 0.717) is 5.82 Å². The number of nitrogens with one attached hydrogen (secondary N) is 2. The zero-order valence-corrected chi connectivity index (χ0v) is 20.2. The molecule has 1 aliphatic heterocycles. The molecule has 3 aromatic rings. The Morgan fingerprint density at radius 3 is 2.60 bits per heavy atom. The molecule has 0 bridgehead atoms. The van der Waals surface area contributed by atoms with E-state index in [1.54, 1.807) is 20.9 Å². The normalized spacial score (nSPS) is 15.7. The van der Waals surface area contributed by atoms with E-state index >= 15 is 0 Å². The third-order valence-electron chi connectivity index (χ3n) is 6.28. The molecule has 2 aliphatic rings. The Bertz CT molecular complexity index is 1390. The Kier molecular flexibility index (Phi) is 5.89. The predicted octanol–water partition coefficient (Wildman–Crippen LogP) is 2.26. The van der Waals surface area contributed by atoms with Gasteiger partial charge in [0.15, 0.2) is 17.3 Å². The minimum Gasteiger partial charge on any atom is -0.486 e. The van der Waals surface area contributed by atoms with Gasteiger partial charge in [0.25, 0.3) is 5.56 Å². The molecule has 12 heteroatoms. The third-order valence-corrected chi connectivity index (χ3v) is 6.28. The maximum atomic E-state index is 13.2. The second-order valence-corrected chi connectivity index (χ2v) is 8.41. The van der Waals surface area contributed by atoms with Gasteiger partial charge in [0, 0.05) is 13.1 Å². The van der Waals surface area contributed by atoms with Crippen LogP contribution in [0.3, 0.4) is 0 Å². The quantitative estimate of drug-likeness (QED) is 0.489. The SMILES string of the molecule is CCOC(=O)c1nc(-c2nc3ccc(N4NNN=C4C)cc3n2C2CCC2)n(C)c(=O)c1OCC. The van der Waals surface area contributed by atoms with Crippen LogP contribution in [-0.4, -0.2) is 44.1 Å². The Labute approximate surface area is 201 Å². The van der Waals surface area contributed by atoms with Crippen molar-refractivity contribution in [1.82, 2.24) is 30.2 Å². The predicted molar refractivity (Wildman–Crippen MR) is 130 cm³/mol. The van der Waals surface area contributed by atoms with E-state index in [9.17, 15) is 9.59 Å². The van der Waals surface area contributed by atoms with Gasteiger partial charge in [-0.3, -0.25) is 9.36 Å². The molecule has 1 fully saturated rings. The number of rotatable bonds is 7. The van der Waals surface area contributed by atoms with E-state index in [4.69, 9.17) is 14.5 Å². The maximum absolute atomic E-state index is 13.2. The summed E-state index contributed by atoms with van der Waals surface area (Å²) < 4.78 is 14.2. The van der Waals surface area contributed by atoms with Crippen molar-refractivity contribution < 1.29 is 14.3 Å². The highest BCUT2D eigenvalue weighted by atomic mass is 16.5. The average molecular weight is 481 g/mol. The van der Waals surface area contributed by atoms with E-state index in [2.05, 4.69) is 25.7 Å². The summed E-state index contributed by atoms with van der Waals surface area (Å²) in [6.45, 7) is 5.71. The lowest BCUT2D eigenvalue weighted by atomic mass is 9.92. The first-order valence-corrected chi connectivity index (χ1v) is 11.7. The number of nitrogens with zero attached hydrogens (tertiary/aromatic N) is 6. The smallest absolute Gasteiger partial charge is 0.361 e. The minimum atomic E-state index is -0.703. The fourth-order valence-corrected chi connectivity index (χ4v) is 4.32. The number of benzene rings is 1. The second-order valence-electron chi connectivity index (χ2n) is 8.41. The fourth-order valence-electron chi connectivity index (χ4n) is 4.32. The average Bonchev–Trinajstić information content (AvgIpc) is 3.40. The van der Waals surface area contributed by atoms with E-state index < -0.39 is 11.5 Å². The molecule has 0 saturated heterocycles. The monoisotopic (exact) mass is 480 g/mol. The number of hydrazone groups is 1. The van der Waals surface area contributed by atoms with Crippen LogP contribution in [0.2, 0.25) is 0 Å². The summed E-state index contributed by atoms with van der Waals surface area (Å²) in [7, 11) is 1.61. The standard InChI is InChI=1S/C23H28N8O4/c1-5-34-19-18(23(33)35-6-2)25-20(29(4)22(19)32)21-24-16-11-10-15(31-13(3)26-27-28-31)12-17(16)30(21)14-8-7-9-14/h10-12,14,27-28H,5-9H2,1-4H3. The third kappa shape index (κ3) is 3.79. The number of amidine groups is 1. The Hall–Kier alpha value is -3.93. The van der Waals surface area contributed by atoms with Crippen LogP contribution in [0.4, 0.5) is 5.69 Å². The molecule has 184 valence electrons. The van der Waals surface area contributed by atoms with Crippen molar-refractivity contribution >= 4 is 28.5 Å². The van der Waals surface area contributed by atoms with Crippen LogP contribution in [0.1, 0.15) is 56.6 Å². The summed E-state index contributed by atoms with van der Waals surface area (Å²) in [5.74, 6) is 0.755. The number of ether oxygens (including phenoxy) is 2. The van der Waals surface area contributed by atoms with Gasteiger partial charge in [-0.1, -0.05) is 0 Å². The van der Waals surface area contributed by atoms with Gasteiger partial charge >= 0.3 is 5.97 Å². The van der Waals surface area contributed by atoms with Crippen molar-refractivity contribution in [2.45, 2.75) is 46.1 Å². The van der Waals surface area contributed by atoms with Crippen molar-refractivity contribution in [2.24, 2.45) is 12.1 Å². The molecule has 2 aromatic heterocycles. The summed E-state index contributed by atoms with van der Waals surface area (Å²) in [5, 5.41) is 5.99. The number of hydrogen-bond acceptors (Lipinski definition) is 10. The highest BCUT2D eigenvalue weighted by molar-refractivity contribution is 5.98. The lowest BCUT2D eigenvalue weighted by molar-refractivity contribution is 0.0513. The number of anilines is 1. The van der Waals surface area contributed by atoms with Crippen LogP contribution in [0.25, 0.3) is 22.7 Å². The first-order valence-electron chi connectivity index (χ1n) is 11.7. The van der Waals surface area contributed by atoms with E-state index in [0.717, 1.165) is 41.8 Å². The lowest BCUT2D eigenvalue weighted by Crippen LogP contribution is -2.40. The van der Waals surface area contributed by atoms with Crippen LogP contribution in [-0.2, 0) is 11.8 Å². The Balaban J connectivity index is 1.72. The molecule has 12 nitrogen and oxygen atoms in total. The van der Waals surface area contributed by atoms with Gasteiger partial charge in [0.2, 0.25) is 5.75 Å². The fraction of sp³-hybridized carbons (Fsp3) is 0.435. The summed E-state index contributed by atoms with van der Waals surface area (Å²) in [6.07, 6.45) is 3.08. The molecule has 35 heavy (non-hydrogen) atoms. The summed E-state index contributed by atoms with van der Waals surface area (Å²) in [5.41, 5.74) is 7.70. The molecular weight excluding hydrogens is 452 g/mol. The largest absolute Gasteiger partial charge is 0.486 e. The van der Waals surface area contributed by atoms with Gasteiger partial charge in [0.05, 0.1) is 29.9 Å². The second kappa shape index (κ2) is 9.02. The minimum absolute atomic E-state index is 0.117. The van der Waals surface area contributed by atoms with Crippen LogP contribution in [0.5, 0.6) is 5.75 Å². The van der Waals surface area contributed by atoms with E-state index in [1.165, 1.54) is 4.57 Å². The molecule has 1 aromatic carbocycles. The van der Waals surface area contributed by atoms with E-state index in [-0.39, 0.29) is 36.5 Å². The molecule has 5 rings (SSSR count). The van der Waals surface area contributed by atoms with Gasteiger partial charge in [-0.25, -0.2) is 25.3 Å². The van der Waals surface area contributed by atoms with Gasteiger partial charge in [-0.15, -0.1) is 10.6 Å². The number of imidazole rings is 1. The van der Waals surface area contributed by atoms with Crippen molar-refractivity contribution in [3.63, 3.8) is 0 Å². The topological polar surface area (TPSA) is 128 Å². The summed E-state index contributed by atoms with van der Waals surface area (Å²) >= 11 is 0. The van der Waals surface area contributed by atoms with Crippen LogP contribution >= 0.6 is 0 Å². The number of fused-ring (bicyclic) bond motifs is 1. The zero-order valence-electron chi connectivity index (χ0n) is 20.2. The first kappa shape index (κ1) is 22.8. The molecule has 1 aliphatic carbocycles. The van der Waals surface area contributed by atoms with Crippen LogP contribution in [0, 0.1) is 0 Å². The maximum Gasteiger partial charge on any atom is 0.361 e. The van der Waals surface area contributed by atoms with Crippen molar-refractivity contribution in [1.29, 1.82) is 0 Å². The first-order chi connectivity index (χ1) is 16.9. The number of hydrogen-bond donors (Lipinski definition) is 2. The van der Waals surface area contributed by atoms with Gasteiger partial charge in [-0.2, -0.15) is 0 Å². The van der Waals surface area contributed by atoms with E-state index in [1.807, 2.05) is 30.1 Å². The Morgan fingerprint density at radius 1 is 1.17 bits per heavy atom. The molecule has 1 saturated carbocycles. The Morgan fingerprint density at radius 2 is 1.97 bits per heavy atom. The highest BCUT2D eigenvalue weighted by Gasteiger charge is 2.30. The van der Waals surface area contributed by atoms with Crippen molar-refractivity contribution in [2.75, 3.05) is 18.2 Å².